The van der Waals surface area contributed by atoms with Crippen molar-refractivity contribution < 1.29 is 4.74 Å². The third kappa shape index (κ3) is 3.33. The van der Waals surface area contributed by atoms with Crippen LogP contribution in [0.2, 0.25) is 5.28 Å². The van der Waals surface area contributed by atoms with E-state index < -0.39 is 0 Å². The number of anilines is 3. The van der Waals surface area contributed by atoms with E-state index in [0.717, 1.165) is 18.8 Å². The van der Waals surface area contributed by atoms with E-state index >= 15 is 0 Å². The molecular formula is C14H16ClN5O. The molecule has 1 saturated heterocycles. The molecule has 2 heterocycles. The zero-order chi connectivity index (χ0) is 14.7. The molecule has 0 atom stereocenters. The van der Waals surface area contributed by atoms with Gasteiger partial charge in [0, 0.05) is 24.5 Å². The van der Waals surface area contributed by atoms with Crippen LogP contribution in [-0.4, -0.2) is 35.2 Å². The van der Waals surface area contributed by atoms with Crippen LogP contribution in [0, 0.1) is 0 Å². The molecule has 0 unspecified atom stereocenters. The van der Waals surface area contributed by atoms with Gasteiger partial charge in [-0.25, -0.2) is 0 Å². The predicted octanol–water partition coefficient (Wildman–Crippen LogP) is 2.88. The molecule has 1 fully saturated rings. The normalized spacial score (nSPS) is 14.3. The van der Waals surface area contributed by atoms with E-state index in [0.29, 0.717) is 5.95 Å². The SMILES string of the molecule is COc1nc(Cl)nc(Nc2ccc(N3CCCC3)cc2)n1. The van der Waals surface area contributed by atoms with Crippen LogP contribution in [0.5, 0.6) is 6.01 Å². The van der Waals surface area contributed by atoms with Crippen molar-refractivity contribution in [1.29, 1.82) is 0 Å². The van der Waals surface area contributed by atoms with Gasteiger partial charge in [0.25, 0.3) is 0 Å². The Kier molecular flexibility index (Phi) is 4.06. The number of aromatic nitrogens is 3. The highest BCUT2D eigenvalue weighted by molar-refractivity contribution is 6.28. The first-order valence-corrected chi connectivity index (χ1v) is 7.20. The van der Waals surface area contributed by atoms with Crippen LogP contribution in [-0.2, 0) is 0 Å². The second-order valence-corrected chi connectivity index (χ2v) is 5.12. The molecule has 0 bridgehead atoms. The molecule has 1 aliphatic rings. The van der Waals surface area contributed by atoms with Gasteiger partial charge in [-0.15, -0.1) is 0 Å². The van der Waals surface area contributed by atoms with Crippen molar-refractivity contribution in [2.75, 3.05) is 30.4 Å². The van der Waals surface area contributed by atoms with E-state index in [2.05, 4.69) is 37.3 Å². The number of hydrogen-bond acceptors (Lipinski definition) is 6. The Balaban J connectivity index is 1.74. The molecular weight excluding hydrogens is 290 g/mol. The van der Waals surface area contributed by atoms with Crippen LogP contribution in [0.3, 0.4) is 0 Å². The summed E-state index contributed by atoms with van der Waals surface area (Å²) in [7, 11) is 1.49. The molecule has 1 aromatic carbocycles. The molecule has 110 valence electrons. The summed E-state index contributed by atoms with van der Waals surface area (Å²) in [5.74, 6) is 0.362. The van der Waals surface area contributed by atoms with Crippen molar-refractivity contribution in [1.82, 2.24) is 15.0 Å². The number of rotatable bonds is 4. The van der Waals surface area contributed by atoms with Gasteiger partial charge in [-0.2, -0.15) is 15.0 Å². The molecule has 3 rings (SSSR count). The summed E-state index contributed by atoms with van der Waals surface area (Å²) in [4.78, 5) is 14.3. The van der Waals surface area contributed by atoms with E-state index in [4.69, 9.17) is 16.3 Å². The quantitative estimate of drug-likeness (QED) is 0.937. The molecule has 6 nitrogen and oxygen atoms in total. The third-order valence-corrected chi connectivity index (χ3v) is 3.53. The topological polar surface area (TPSA) is 63.2 Å². The second-order valence-electron chi connectivity index (χ2n) is 4.78. The summed E-state index contributed by atoms with van der Waals surface area (Å²) in [6, 6.07) is 8.36. The van der Waals surface area contributed by atoms with E-state index in [1.807, 2.05) is 12.1 Å². The molecule has 21 heavy (non-hydrogen) atoms. The summed E-state index contributed by atoms with van der Waals surface area (Å²) in [5, 5.41) is 3.19. The maximum Gasteiger partial charge on any atom is 0.322 e. The number of nitrogens with zero attached hydrogens (tertiary/aromatic N) is 4. The number of benzene rings is 1. The summed E-state index contributed by atoms with van der Waals surface area (Å²) in [6.45, 7) is 2.26. The Hall–Kier alpha value is -2.08. The lowest BCUT2D eigenvalue weighted by Gasteiger charge is -2.17. The molecule has 1 N–H and O–H groups in total. The van der Waals surface area contributed by atoms with Gasteiger partial charge in [-0.1, -0.05) is 0 Å². The Labute approximate surface area is 128 Å². The van der Waals surface area contributed by atoms with E-state index in [-0.39, 0.29) is 11.3 Å². The highest BCUT2D eigenvalue weighted by atomic mass is 35.5. The first-order valence-electron chi connectivity index (χ1n) is 6.82. The predicted molar refractivity (Wildman–Crippen MR) is 82.6 cm³/mol. The summed E-state index contributed by atoms with van der Waals surface area (Å²) in [6.07, 6.45) is 2.53. The number of hydrogen-bond donors (Lipinski definition) is 1. The lowest BCUT2D eigenvalue weighted by Crippen LogP contribution is -2.17. The molecule has 2 aromatic rings. The first kappa shape index (κ1) is 13.9. The van der Waals surface area contributed by atoms with Crippen molar-refractivity contribution in [2.24, 2.45) is 0 Å². The smallest absolute Gasteiger partial charge is 0.322 e. The van der Waals surface area contributed by atoms with Gasteiger partial charge in [0.05, 0.1) is 7.11 Å². The minimum Gasteiger partial charge on any atom is -0.467 e. The number of methoxy groups -OCH3 is 1. The average Bonchev–Trinajstić information content (AvgIpc) is 3.01. The fourth-order valence-corrected chi connectivity index (χ4v) is 2.49. The number of halogens is 1. The maximum atomic E-state index is 5.82. The molecule has 7 heteroatoms. The zero-order valence-corrected chi connectivity index (χ0v) is 12.5. The summed E-state index contributed by atoms with van der Waals surface area (Å²) in [5.41, 5.74) is 2.13. The Morgan fingerprint density at radius 1 is 1.10 bits per heavy atom. The first-order chi connectivity index (χ1) is 10.2. The Morgan fingerprint density at radius 2 is 1.81 bits per heavy atom. The van der Waals surface area contributed by atoms with Crippen LogP contribution in [0.15, 0.2) is 24.3 Å². The van der Waals surface area contributed by atoms with Crippen molar-refractivity contribution in [3.8, 4) is 6.01 Å². The fraction of sp³-hybridized carbons (Fsp3) is 0.357. The molecule has 1 aromatic heterocycles. The number of ether oxygens (including phenoxy) is 1. The average molecular weight is 306 g/mol. The lowest BCUT2D eigenvalue weighted by atomic mass is 10.2. The Morgan fingerprint density at radius 3 is 2.48 bits per heavy atom. The van der Waals surface area contributed by atoms with Crippen molar-refractivity contribution in [3.05, 3.63) is 29.5 Å². The van der Waals surface area contributed by atoms with Crippen LogP contribution in [0.1, 0.15) is 12.8 Å². The second kappa shape index (κ2) is 6.13. The van der Waals surface area contributed by atoms with Crippen LogP contribution < -0.4 is 15.0 Å². The van der Waals surface area contributed by atoms with Crippen LogP contribution in [0.25, 0.3) is 0 Å². The molecule has 1 aliphatic heterocycles. The van der Waals surface area contributed by atoms with Gasteiger partial charge in [0.2, 0.25) is 11.2 Å². The van der Waals surface area contributed by atoms with Crippen molar-refractivity contribution in [2.45, 2.75) is 12.8 Å². The number of nitrogens with one attached hydrogen (secondary N) is 1. The van der Waals surface area contributed by atoms with Gasteiger partial charge in [-0.05, 0) is 48.7 Å². The van der Waals surface area contributed by atoms with Crippen molar-refractivity contribution >= 4 is 28.9 Å². The van der Waals surface area contributed by atoms with Gasteiger partial charge >= 0.3 is 6.01 Å². The third-order valence-electron chi connectivity index (χ3n) is 3.36. The minimum atomic E-state index is 0.0954. The van der Waals surface area contributed by atoms with Gasteiger partial charge in [0.15, 0.2) is 0 Å². The van der Waals surface area contributed by atoms with Gasteiger partial charge < -0.3 is 15.0 Å². The van der Waals surface area contributed by atoms with E-state index in [9.17, 15) is 0 Å². The largest absolute Gasteiger partial charge is 0.467 e. The minimum absolute atomic E-state index is 0.0954. The highest BCUT2D eigenvalue weighted by Gasteiger charge is 2.12. The maximum absolute atomic E-state index is 5.82. The molecule has 0 aliphatic carbocycles. The van der Waals surface area contributed by atoms with Gasteiger partial charge in [0.1, 0.15) is 0 Å². The van der Waals surface area contributed by atoms with E-state index in [1.54, 1.807) is 0 Å². The molecule has 0 spiro atoms. The van der Waals surface area contributed by atoms with Gasteiger partial charge in [-0.3, -0.25) is 0 Å². The lowest BCUT2D eigenvalue weighted by molar-refractivity contribution is 0.379. The zero-order valence-electron chi connectivity index (χ0n) is 11.7. The molecule has 0 saturated carbocycles. The monoisotopic (exact) mass is 305 g/mol. The van der Waals surface area contributed by atoms with Crippen molar-refractivity contribution in [3.63, 3.8) is 0 Å². The Bertz CT molecular complexity index is 613. The molecule has 0 radical (unpaired) electrons. The summed E-state index contributed by atoms with van der Waals surface area (Å²) >= 11 is 5.82. The van der Waals surface area contributed by atoms with Crippen LogP contribution in [0.4, 0.5) is 17.3 Å². The molecule has 0 amide bonds. The standard InChI is InChI=1S/C14H16ClN5O/c1-21-14-18-12(15)17-13(19-14)16-10-4-6-11(7-5-10)20-8-2-3-9-20/h4-7H,2-3,8-9H2,1H3,(H,16,17,18,19). The fourth-order valence-electron chi connectivity index (χ4n) is 2.34. The van der Waals surface area contributed by atoms with E-state index in [1.165, 1.54) is 25.6 Å². The summed E-state index contributed by atoms with van der Waals surface area (Å²) < 4.78 is 4.97. The van der Waals surface area contributed by atoms with Crippen LogP contribution >= 0.6 is 11.6 Å². The highest BCUT2D eigenvalue weighted by Crippen LogP contribution is 2.23.